The molecule has 0 saturated carbocycles. The van der Waals surface area contributed by atoms with Gasteiger partial charge in [-0.3, -0.25) is 0 Å². The number of anilines is 3. The highest BCUT2D eigenvalue weighted by Gasteiger charge is 2.03. The van der Waals surface area contributed by atoms with Gasteiger partial charge in [0, 0.05) is 24.0 Å². The highest BCUT2D eigenvalue weighted by molar-refractivity contribution is 5.55. The number of aromatic nitrogens is 2. The van der Waals surface area contributed by atoms with Crippen molar-refractivity contribution < 1.29 is 4.39 Å². The molecular weight excluding hydrogens is 255 g/mol. The van der Waals surface area contributed by atoms with Crippen LogP contribution in [0, 0.1) is 18.7 Å². The number of hydrogen-bond acceptors (Lipinski definition) is 4. The summed E-state index contributed by atoms with van der Waals surface area (Å²) < 4.78 is 12.9. The van der Waals surface area contributed by atoms with Gasteiger partial charge in [-0.2, -0.15) is 4.98 Å². The van der Waals surface area contributed by atoms with E-state index in [4.69, 9.17) is 0 Å². The molecule has 0 radical (unpaired) electrons. The third-order valence-corrected chi connectivity index (χ3v) is 2.65. The van der Waals surface area contributed by atoms with Gasteiger partial charge in [-0.1, -0.05) is 13.8 Å². The molecular formula is C15H19FN4. The summed E-state index contributed by atoms with van der Waals surface area (Å²) >= 11 is 0. The minimum Gasteiger partial charge on any atom is -0.370 e. The fourth-order valence-corrected chi connectivity index (χ4v) is 1.69. The Kier molecular flexibility index (Phi) is 4.50. The second kappa shape index (κ2) is 6.32. The first-order valence-corrected chi connectivity index (χ1v) is 6.65. The van der Waals surface area contributed by atoms with E-state index in [-0.39, 0.29) is 5.82 Å². The summed E-state index contributed by atoms with van der Waals surface area (Å²) in [6.45, 7) is 7.04. The van der Waals surface area contributed by atoms with Crippen molar-refractivity contribution in [2.45, 2.75) is 20.8 Å². The molecule has 0 aliphatic rings. The average Bonchev–Trinajstić information content (AvgIpc) is 2.38. The van der Waals surface area contributed by atoms with Gasteiger partial charge < -0.3 is 10.6 Å². The van der Waals surface area contributed by atoms with Gasteiger partial charge >= 0.3 is 0 Å². The average molecular weight is 274 g/mol. The van der Waals surface area contributed by atoms with Crippen molar-refractivity contribution in [2.75, 3.05) is 17.2 Å². The van der Waals surface area contributed by atoms with Crippen LogP contribution in [0.15, 0.2) is 30.3 Å². The van der Waals surface area contributed by atoms with E-state index >= 15 is 0 Å². The van der Waals surface area contributed by atoms with Gasteiger partial charge in [-0.25, -0.2) is 9.37 Å². The Morgan fingerprint density at radius 2 is 1.85 bits per heavy atom. The Labute approximate surface area is 118 Å². The predicted molar refractivity (Wildman–Crippen MR) is 79.8 cm³/mol. The highest BCUT2D eigenvalue weighted by atomic mass is 19.1. The Hall–Kier alpha value is -2.17. The Morgan fingerprint density at radius 1 is 1.15 bits per heavy atom. The van der Waals surface area contributed by atoms with Crippen LogP contribution in [-0.4, -0.2) is 16.5 Å². The van der Waals surface area contributed by atoms with E-state index in [9.17, 15) is 4.39 Å². The molecule has 2 rings (SSSR count). The van der Waals surface area contributed by atoms with Crippen molar-refractivity contribution in [1.82, 2.24) is 9.97 Å². The van der Waals surface area contributed by atoms with Crippen LogP contribution in [-0.2, 0) is 0 Å². The zero-order chi connectivity index (χ0) is 14.5. The Morgan fingerprint density at radius 3 is 2.50 bits per heavy atom. The summed E-state index contributed by atoms with van der Waals surface area (Å²) in [5.74, 6) is 1.57. The molecule has 0 atom stereocenters. The number of nitrogens with one attached hydrogen (secondary N) is 2. The van der Waals surface area contributed by atoms with Crippen molar-refractivity contribution in [1.29, 1.82) is 0 Å². The largest absolute Gasteiger partial charge is 0.370 e. The molecule has 0 fully saturated rings. The molecule has 2 aromatic rings. The van der Waals surface area contributed by atoms with Crippen molar-refractivity contribution in [2.24, 2.45) is 5.92 Å². The van der Waals surface area contributed by atoms with Crippen molar-refractivity contribution >= 4 is 17.5 Å². The molecule has 0 unspecified atom stereocenters. The molecule has 0 saturated heterocycles. The molecule has 0 aliphatic heterocycles. The first-order valence-electron chi connectivity index (χ1n) is 6.65. The van der Waals surface area contributed by atoms with Crippen LogP contribution >= 0.6 is 0 Å². The van der Waals surface area contributed by atoms with E-state index in [0.717, 1.165) is 23.7 Å². The molecule has 0 amide bonds. The van der Waals surface area contributed by atoms with Crippen LogP contribution < -0.4 is 10.6 Å². The zero-order valence-electron chi connectivity index (χ0n) is 11.9. The van der Waals surface area contributed by atoms with Gasteiger partial charge in [-0.15, -0.1) is 0 Å². The maximum atomic E-state index is 12.9. The SMILES string of the molecule is Cc1cc(NCC(C)C)nc(Nc2ccc(F)cc2)n1. The van der Waals surface area contributed by atoms with Crippen LogP contribution in [0.2, 0.25) is 0 Å². The van der Waals surface area contributed by atoms with Gasteiger partial charge in [0.15, 0.2) is 0 Å². The standard InChI is InChI=1S/C15H19FN4/c1-10(2)9-17-14-8-11(3)18-15(20-14)19-13-6-4-12(16)5-7-13/h4-8,10H,9H2,1-3H3,(H2,17,18,19,20). The van der Waals surface area contributed by atoms with Gasteiger partial charge in [0.05, 0.1) is 0 Å². The van der Waals surface area contributed by atoms with Gasteiger partial charge in [0.2, 0.25) is 5.95 Å². The second-order valence-corrected chi connectivity index (χ2v) is 5.12. The van der Waals surface area contributed by atoms with Gasteiger partial charge in [0.1, 0.15) is 11.6 Å². The molecule has 2 N–H and O–H groups in total. The minimum absolute atomic E-state index is 0.264. The smallest absolute Gasteiger partial charge is 0.229 e. The summed E-state index contributed by atoms with van der Waals surface area (Å²) in [5, 5.41) is 6.34. The summed E-state index contributed by atoms with van der Waals surface area (Å²) in [6.07, 6.45) is 0. The summed E-state index contributed by atoms with van der Waals surface area (Å²) in [6, 6.07) is 8.01. The van der Waals surface area contributed by atoms with Crippen LogP contribution in [0.5, 0.6) is 0 Å². The molecule has 20 heavy (non-hydrogen) atoms. The molecule has 0 spiro atoms. The number of nitrogens with zero attached hydrogens (tertiary/aromatic N) is 2. The fraction of sp³-hybridized carbons (Fsp3) is 0.333. The van der Waals surface area contributed by atoms with Crippen LogP contribution in [0.1, 0.15) is 19.5 Å². The predicted octanol–water partition coefficient (Wildman–Crippen LogP) is 3.74. The third kappa shape index (κ3) is 4.19. The lowest BCUT2D eigenvalue weighted by Gasteiger charge is -2.11. The number of halogens is 1. The topological polar surface area (TPSA) is 49.8 Å². The lowest BCUT2D eigenvalue weighted by molar-refractivity contribution is 0.628. The summed E-state index contributed by atoms with van der Waals surface area (Å²) in [5.41, 5.74) is 1.63. The van der Waals surface area contributed by atoms with Crippen molar-refractivity contribution in [3.05, 3.63) is 41.8 Å². The molecule has 1 heterocycles. The second-order valence-electron chi connectivity index (χ2n) is 5.12. The Balaban J connectivity index is 2.13. The number of aryl methyl sites for hydroxylation is 1. The van der Waals surface area contributed by atoms with E-state index in [0.29, 0.717) is 11.9 Å². The monoisotopic (exact) mass is 274 g/mol. The normalized spacial score (nSPS) is 10.7. The number of benzene rings is 1. The number of rotatable bonds is 5. The molecule has 1 aromatic heterocycles. The van der Waals surface area contributed by atoms with E-state index in [1.165, 1.54) is 12.1 Å². The van der Waals surface area contributed by atoms with Crippen LogP contribution in [0.4, 0.5) is 21.8 Å². The first-order chi connectivity index (χ1) is 9.52. The lowest BCUT2D eigenvalue weighted by Crippen LogP contribution is -2.10. The highest BCUT2D eigenvalue weighted by Crippen LogP contribution is 2.16. The maximum Gasteiger partial charge on any atom is 0.229 e. The lowest BCUT2D eigenvalue weighted by atomic mass is 10.2. The van der Waals surface area contributed by atoms with Crippen molar-refractivity contribution in [3.63, 3.8) is 0 Å². The molecule has 106 valence electrons. The van der Waals surface area contributed by atoms with E-state index in [1.807, 2.05) is 13.0 Å². The van der Waals surface area contributed by atoms with Crippen molar-refractivity contribution in [3.8, 4) is 0 Å². The zero-order valence-corrected chi connectivity index (χ0v) is 11.9. The molecule has 5 heteroatoms. The Bertz CT molecular complexity index is 567. The van der Waals surface area contributed by atoms with E-state index in [2.05, 4.69) is 34.4 Å². The third-order valence-electron chi connectivity index (χ3n) is 2.65. The molecule has 1 aromatic carbocycles. The summed E-state index contributed by atoms with van der Waals surface area (Å²) in [4.78, 5) is 8.72. The van der Waals surface area contributed by atoms with Gasteiger partial charge in [0.25, 0.3) is 0 Å². The van der Waals surface area contributed by atoms with E-state index < -0.39 is 0 Å². The molecule has 4 nitrogen and oxygen atoms in total. The number of hydrogen-bond donors (Lipinski definition) is 2. The molecule has 0 aliphatic carbocycles. The maximum absolute atomic E-state index is 12.9. The van der Waals surface area contributed by atoms with Gasteiger partial charge in [-0.05, 0) is 37.1 Å². The first kappa shape index (κ1) is 14.2. The summed E-state index contributed by atoms with van der Waals surface area (Å²) in [7, 11) is 0. The quantitative estimate of drug-likeness (QED) is 0.872. The fourth-order valence-electron chi connectivity index (χ4n) is 1.69. The van der Waals surface area contributed by atoms with E-state index in [1.54, 1.807) is 12.1 Å². The van der Waals surface area contributed by atoms with Crippen LogP contribution in [0.3, 0.4) is 0 Å². The minimum atomic E-state index is -0.264. The molecule has 0 bridgehead atoms. The van der Waals surface area contributed by atoms with Crippen LogP contribution in [0.25, 0.3) is 0 Å².